The van der Waals surface area contributed by atoms with Gasteiger partial charge in [0.15, 0.2) is 0 Å². The largest absolute Gasteiger partial charge is 0.481 e. The summed E-state index contributed by atoms with van der Waals surface area (Å²) >= 11 is 0. The number of nitrogens with zero attached hydrogens (tertiary/aromatic N) is 2. The molecule has 6 nitrogen and oxygen atoms in total. The second kappa shape index (κ2) is 7.32. The van der Waals surface area contributed by atoms with Crippen LogP contribution in [0.15, 0.2) is 54.9 Å². The van der Waals surface area contributed by atoms with E-state index in [0.717, 1.165) is 16.5 Å². The van der Waals surface area contributed by atoms with Gasteiger partial charge < -0.3 is 15.2 Å². The van der Waals surface area contributed by atoms with Crippen molar-refractivity contribution < 1.29 is 14.6 Å². The molecule has 1 aliphatic rings. The highest BCUT2D eigenvalue weighted by atomic mass is 16.5. The number of pyridine rings is 2. The molecule has 1 fully saturated rings. The molecule has 2 N–H and O–H groups in total. The SMILES string of the molecule is COc1ccc(C(NC(=O)c2ccc3ncccc3c2)C2CC(O)C2)cn1. The van der Waals surface area contributed by atoms with Crippen molar-refractivity contribution in [2.24, 2.45) is 5.92 Å². The molecule has 1 atom stereocenters. The first kappa shape index (κ1) is 17.4. The molecular formula is C21H21N3O3. The van der Waals surface area contributed by atoms with Gasteiger partial charge in [-0.2, -0.15) is 0 Å². The normalized spacial score (nSPS) is 19.9. The third kappa shape index (κ3) is 3.61. The number of rotatable bonds is 5. The number of fused-ring (bicyclic) bond motifs is 1. The van der Waals surface area contributed by atoms with Gasteiger partial charge in [-0.1, -0.05) is 12.1 Å². The van der Waals surface area contributed by atoms with Crippen LogP contribution in [-0.4, -0.2) is 34.2 Å². The van der Waals surface area contributed by atoms with Gasteiger partial charge in [0.1, 0.15) is 0 Å². The van der Waals surface area contributed by atoms with Gasteiger partial charge in [0.2, 0.25) is 5.88 Å². The lowest BCUT2D eigenvalue weighted by Crippen LogP contribution is -2.41. The molecule has 138 valence electrons. The molecule has 1 aliphatic carbocycles. The summed E-state index contributed by atoms with van der Waals surface area (Å²) in [4.78, 5) is 21.4. The zero-order valence-corrected chi connectivity index (χ0v) is 15.0. The zero-order valence-electron chi connectivity index (χ0n) is 15.0. The Kier molecular flexibility index (Phi) is 4.73. The average Bonchev–Trinajstić information content (AvgIpc) is 2.69. The molecule has 1 amide bonds. The number of aromatic nitrogens is 2. The van der Waals surface area contributed by atoms with Crippen molar-refractivity contribution in [2.75, 3.05) is 7.11 Å². The molecule has 0 radical (unpaired) electrons. The fourth-order valence-corrected chi connectivity index (χ4v) is 3.51. The Morgan fingerprint density at radius 1 is 1.22 bits per heavy atom. The van der Waals surface area contributed by atoms with E-state index in [1.165, 1.54) is 0 Å². The molecule has 0 aliphatic heterocycles. The van der Waals surface area contributed by atoms with Gasteiger partial charge >= 0.3 is 0 Å². The van der Waals surface area contributed by atoms with Gasteiger partial charge in [-0.15, -0.1) is 0 Å². The van der Waals surface area contributed by atoms with Crippen LogP contribution in [0, 0.1) is 5.92 Å². The van der Waals surface area contributed by atoms with E-state index in [2.05, 4.69) is 15.3 Å². The van der Waals surface area contributed by atoms with Gasteiger partial charge in [-0.25, -0.2) is 4.98 Å². The summed E-state index contributed by atoms with van der Waals surface area (Å²) in [5, 5.41) is 13.8. The summed E-state index contributed by atoms with van der Waals surface area (Å²) in [5.41, 5.74) is 2.34. The molecule has 1 aromatic carbocycles. The molecule has 2 aromatic heterocycles. The van der Waals surface area contributed by atoms with E-state index in [4.69, 9.17) is 4.74 Å². The number of aliphatic hydroxyl groups excluding tert-OH is 1. The number of methoxy groups -OCH3 is 1. The molecule has 3 aromatic rings. The van der Waals surface area contributed by atoms with Crippen LogP contribution in [0.1, 0.15) is 34.8 Å². The van der Waals surface area contributed by atoms with Crippen LogP contribution in [-0.2, 0) is 0 Å². The van der Waals surface area contributed by atoms with Crippen molar-refractivity contribution in [3.05, 3.63) is 66.0 Å². The molecule has 0 bridgehead atoms. The molecule has 0 spiro atoms. The van der Waals surface area contributed by atoms with Crippen molar-refractivity contribution in [1.29, 1.82) is 0 Å². The monoisotopic (exact) mass is 363 g/mol. The number of benzene rings is 1. The maximum absolute atomic E-state index is 12.9. The zero-order chi connectivity index (χ0) is 18.8. The molecular weight excluding hydrogens is 342 g/mol. The quantitative estimate of drug-likeness (QED) is 0.728. The Morgan fingerprint density at radius 2 is 2.07 bits per heavy atom. The molecule has 1 unspecified atom stereocenters. The average molecular weight is 363 g/mol. The van der Waals surface area contributed by atoms with Gasteiger partial charge in [-0.3, -0.25) is 9.78 Å². The summed E-state index contributed by atoms with van der Waals surface area (Å²) in [6.07, 6.45) is 4.49. The Balaban J connectivity index is 1.58. The second-order valence-electron chi connectivity index (χ2n) is 6.88. The number of nitrogens with one attached hydrogen (secondary N) is 1. The summed E-state index contributed by atoms with van der Waals surface area (Å²) in [6.45, 7) is 0. The highest BCUT2D eigenvalue weighted by Gasteiger charge is 2.36. The van der Waals surface area contributed by atoms with Gasteiger partial charge in [-0.05, 0) is 48.6 Å². The van der Waals surface area contributed by atoms with Crippen LogP contribution in [0.5, 0.6) is 5.88 Å². The Hall–Kier alpha value is -2.99. The number of carbonyl (C=O) groups excluding carboxylic acids is 1. The van der Waals surface area contributed by atoms with Crippen molar-refractivity contribution in [1.82, 2.24) is 15.3 Å². The standard InChI is InChI=1S/C21H21N3O3/c1-27-19-7-5-15(12-23-19)20(16-10-17(25)11-16)24-21(26)14-4-6-18-13(9-14)3-2-8-22-18/h2-9,12,16-17,20,25H,10-11H2,1H3,(H,24,26). The minimum Gasteiger partial charge on any atom is -0.481 e. The Labute approximate surface area is 157 Å². The number of hydrogen-bond donors (Lipinski definition) is 2. The number of ether oxygens (including phenoxy) is 1. The van der Waals surface area contributed by atoms with E-state index < -0.39 is 0 Å². The predicted octanol–water partition coefficient (Wildman–Crippen LogP) is 2.88. The molecule has 0 saturated heterocycles. The molecule has 2 heterocycles. The van der Waals surface area contributed by atoms with Crippen LogP contribution in [0.25, 0.3) is 10.9 Å². The Bertz CT molecular complexity index is 952. The van der Waals surface area contributed by atoms with Gasteiger partial charge in [0.05, 0.1) is 24.8 Å². The minimum absolute atomic E-state index is 0.150. The van der Waals surface area contributed by atoms with E-state index in [-0.39, 0.29) is 24.0 Å². The summed E-state index contributed by atoms with van der Waals surface area (Å²) in [6, 6.07) is 12.8. The molecule has 4 rings (SSSR count). The highest BCUT2D eigenvalue weighted by Crippen LogP contribution is 2.38. The van der Waals surface area contributed by atoms with Crippen LogP contribution >= 0.6 is 0 Å². The molecule has 6 heteroatoms. The predicted molar refractivity (Wildman–Crippen MR) is 101 cm³/mol. The molecule has 1 saturated carbocycles. The maximum atomic E-state index is 12.9. The lowest BCUT2D eigenvalue weighted by Gasteiger charge is -2.38. The molecule has 27 heavy (non-hydrogen) atoms. The summed E-state index contributed by atoms with van der Waals surface area (Å²) in [7, 11) is 1.57. The maximum Gasteiger partial charge on any atom is 0.251 e. The topological polar surface area (TPSA) is 84.3 Å². The van der Waals surface area contributed by atoms with Crippen LogP contribution < -0.4 is 10.1 Å². The first-order chi connectivity index (χ1) is 13.1. The van der Waals surface area contributed by atoms with E-state index in [0.29, 0.717) is 24.3 Å². The first-order valence-electron chi connectivity index (χ1n) is 8.97. The highest BCUT2D eigenvalue weighted by molar-refractivity contribution is 5.98. The Morgan fingerprint density at radius 3 is 2.78 bits per heavy atom. The smallest absolute Gasteiger partial charge is 0.251 e. The van der Waals surface area contributed by atoms with Crippen molar-refractivity contribution in [3.8, 4) is 5.88 Å². The van der Waals surface area contributed by atoms with Crippen LogP contribution in [0.2, 0.25) is 0 Å². The second-order valence-corrected chi connectivity index (χ2v) is 6.88. The van der Waals surface area contributed by atoms with Gasteiger partial charge in [0.25, 0.3) is 5.91 Å². The fraction of sp³-hybridized carbons (Fsp3) is 0.286. The van der Waals surface area contributed by atoms with Crippen LogP contribution in [0.4, 0.5) is 0 Å². The minimum atomic E-state index is -0.299. The van der Waals surface area contributed by atoms with E-state index in [9.17, 15) is 9.90 Å². The summed E-state index contributed by atoms with van der Waals surface area (Å²) < 4.78 is 5.11. The van der Waals surface area contributed by atoms with E-state index in [1.807, 2.05) is 30.3 Å². The van der Waals surface area contributed by atoms with Crippen molar-refractivity contribution in [3.63, 3.8) is 0 Å². The number of aliphatic hydroxyl groups is 1. The lowest BCUT2D eigenvalue weighted by atomic mass is 9.75. The summed E-state index contributed by atoms with van der Waals surface area (Å²) in [5.74, 6) is 0.559. The van der Waals surface area contributed by atoms with Crippen molar-refractivity contribution in [2.45, 2.75) is 25.0 Å². The number of amides is 1. The number of carbonyl (C=O) groups is 1. The van der Waals surface area contributed by atoms with Crippen molar-refractivity contribution >= 4 is 16.8 Å². The third-order valence-electron chi connectivity index (χ3n) is 5.10. The number of hydrogen-bond acceptors (Lipinski definition) is 5. The first-order valence-corrected chi connectivity index (χ1v) is 8.97. The van der Waals surface area contributed by atoms with E-state index in [1.54, 1.807) is 31.6 Å². The van der Waals surface area contributed by atoms with E-state index >= 15 is 0 Å². The lowest BCUT2D eigenvalue weighted by molar-refractivity contribution is 0.0234. The van der Waals surface area contributed by atoms with Gasteiger partial charge in [0, 0.05) is 29.4 Å². The fourth-order valence-electron chi connectivity index (χ4n) is 3.51. The van der Waals surface area contributed by atoms with Crippen LogP contribution in [0.3, 0.4) is 0 Å². The third-order valence-corrected chi connectivity index (χ3v) is 5.10.